The van der Waals surface area contributed by atoms with Gasteiger partial charge in [0.05, 0.1) is 0 Å². The third-order valence-corrected chi connectivity index (χ3v) is 3.73. The number of halogens is 3. The zero-order valence-corrected chi connectivity index (χ0v) is 12.5. The molecule has 0 N–H and O–H groups in total. The number of carbonyl (C=O) groups excluding carboxylic acids is 1. The van der Waals surface area contributed by atoms with Gasteiger partial charge in [-0.2, -0.15) is 13.2 Å². The van der Waals surface area contributed by atoms with Gasteiger partial charge in [0.1, 0.15) is 0 Å². The first kappa shape index (κ1) is 16.0. The van der Waals surface area contributed by atoms with Crippen LogP contribution in [0, 0.1) is 0 Å². The second-order valence-corrected chi connectivity index (χ2v) is 5.32. The van der Waals surface area contributed by atoms with Crippen molar-refractivity contribution >= 4 is 5.78 Å². The Morgan fingerprint density at radius 3 is 1.75 bits per heavy atom. The smallest absolute Gasteiger partial charge is 0.284 e. The van der Waals surface area contributed by atoms with Crippen molar-refractivity contribution in [3.8, 4) is 22.3 Å². The van der Waals surface area contributed by atoms with Crippen LogP contribution in [0.4, 0.5) is 13.2 Å². The number of hydrogen-bond acceptors (Lipinski definition) is 1. The molecule has 1 nitrogen and oxygen atoms in total. The highest BCUT2D eigenvalue weighted by Gasteiger charge is 2.40. The molecule has 0 bridgehead atoms. The molecular weight excluding hydrogens is 313 g/mol. The molecule has 0 saturated heterocycles. The molecule has 0 atom stereocenters. The summed E-state index contributed by atoms with van der Waals surface area (Å²) in [6.45, 7) is 0. The van der Waals surface area contributed by atoms with E-state index in [4.69, 9.17) is 0 Å². The van der Waals surface area contributed by atoms with Crippen LogP contribution in [0.5, 0.6) is 0 Å². The second-order valence-electron chi connectivity index (χ2n) is 5.32. The molecule has 0 radical (unpaired) electrons. The normalized spacial score (nSPS) is 11.3. The molecule has 4 heteroatoms. The molecule has 0 unspecified atom stereocenters. The first-order chi connectivity index (χ1) is 11.5. The van der Waals surface area contributed by atoms with Crippen molar-refractivity contribution in [1.82, 2.24) is 0 Å². The minimum absolute atomic E-state index is 0.277. The molecule has 3 rings (SSSR count). The van der Waals surface area contributed by atoms with Crippen LogP contribution in [0.25, 0.3) is 22.3 Å². The van der Waals surface area contributed by atoms with E-state index in [9.17, 15) is 18.0 Å². The number of Topliss-reactive ketones (excluding diaryl/α,β-unsaturated/α-hetero) is 1. The van der Waals surface area contributed by atoms with E-state index in [-0.39, 0.29) is 11.1 Å². The molecule has 24 heavy (non-hydrogen) atoms. The summed E-state index contributed by atoms with van der Waals surface area (Å²) in [5.41, 5.74) is 2.49. The van der Waals surface area contributed by atoms with E-state index < -0.39 is 12.0 Å². The van der Waals surface area contributed by atoms with E-state index in [1.165, 1.54) is 18.2 Å². The Bertz CT molecular complexity index is 850. The van der Waals surface area contributed by atoms with E-state index in [0.717, 1.165) is 11.1 Å². The number of ketones is 1. The maximum Gasteiger partial charge on any atom is 0.454 e. The summed E-state index contributed by atoms with van der Waals surface area (Å²) in [5, 5.41) is 0. The van der Waals surface area contributed by atoms with Gasteiger partial charge in [0.2, 0.25) is 0 Å². The zero-order valence-electron chi connectivity index (χ0n) is 12.5. The van der Waals surface area contributed by atoms with Gasteiger partial charge in [-0.1, -0.05) is 78.9 Å². The summed E-state index contributed by atoms with van der Waals surface area (Å²) >= 11 is 0. The van der Waals surface area contributed by atoms with Crippen molar-refractivity contribution in [1.29, 1.82) is 0 Å². The van der Waals surface area contributed by atoms with Crippen molar-refractivity contribution in [2.24, 2.45) is 0 Å². The Morgan fingerprint density at radius 1 is 0.625 bits per heavy atom. The van der Waals surface area contributed by atoms with Crippen LogP contribution in [-0.2, 0) is 0 Å². The van der Waals surface area contributed by atoms with Crippen molar-refractivity contribution in [2.45, 2.75) is 6.18 Å². The van der Waals surface area contributed by atoms with Crippen LogP contribution in [0.15, 0.2) is 78.9 Å². The molecule has 0 amide bonds. The van der Waals surface area contributed by atoms with Crippen molar-refractivity contribution < 1.29 is 18.0 Å². The molecule has 0 aromatic heterocycles. The summed E-state index contributed by atoms with van der Waals surface area (Å²) in [4.78, 5) is 11.6. The molecule has 0 aliphatic rings. The number of benzene rings is 3. The van der Waals surface area contributed by atoms with Gasteiger partial charge in [-0.15, -0.1) is 0 Å². The highest BCUT2D eigenvalue weighted by Crippen LogP contribution is 2.31. The average Bonchev–Trinajstić information content (AvgIpc) is 2.61. The summed E-state index contributed by atoms with van der Waals surface area (Å²) < 4.78 is 38.3. The SMILES string of the molecule is O=C(c1ccccc1-c1ccc(-c2ccccc2)cc1)C(F)(F)F. The van der Waals surface area contributed by atoms with Gasteiger partial charge in [0.25, 0.3) is 5.78 Å². The van der Waals surface area contributed by atoms with E-state index in [2.05, 4.69) is 0 Å². The topological polar surface area (TPSA) is 17.1 Å². The Balaban J connectivity index is 2.00. The number of hydrogen-bond donors (Lipinski definition) is 0. The van der Waals surface area contributed by atoms with Crippen molar-refractivity contribution in [2.75, 3.05) is 0 Å². The Hall–Kier alpha value is -2.88. The highest BCUT2D eigenvalue weighted by molar-refractivity contribution is 6.05. The average molecular weight is 326 g/mol. The van der Waals surface area contributed by atoms with E-state index >= 15 is 0 Å². The Morgan fingerprint density at radius 2 is 1.12 bits per heavy atom. The lowest BCUT2D eigenvalue weighted by atomic mass is 9.95. The molecule has 3 aromatic rings. The van der Waals surface area contributed by atoms with Gasteiger partial charge in [-0.25, -0.2) is 0 Å². The fraction of sp³-hybridized carbons (Fsp3) is 0.0500. The van der Waals surface area contributed by atoms with Gasteiger partial charge >= 0.3 is 6.18 Å². The quantitative estimate of drug-likeness (QED) is 0.559. The third-order valence-electron chi connectivity index (χ3n) is 3.73. The standard InChI is InChI=1S/C20H13F3O/c21-20(22,23)19(24)18-9-5-4-8-17(18)16-12-10-15(11-13-16)14-6-2-1-3-7-14/h1-13H. The van der Waals surface area contributed by atoms with Crippen LogP contribution in [0.1, 0.15) is 10.4 Å². The molecule has 0 heterocycles. The van der Waals surface area contributed by atoms with Crippen molar-refractivity contribution in [3.63, 3.8) is 0 Å². The Labute approximate surface area is 137 Å². The van der Waals surface area contributed by atoms with E-state index in [1.807, 2.05) is 42.5 Å². The van der Waals surface area contributed by atoms with Crippen molar-refractivity contribution in [3.05, 3.63) is 84.4 Å². The lowest BCUT2D eigenvalue weighted by molar-refractivity contribution is -0.0884. The van der Waals surface area contributed by atoms with E-state index in [0.29, 0.717) is 5.56 Å². The minimum Gasteiger partial charge on any atom is -0.284 e. The van der Waals surface area contributed by atoms with Gasteiger partial charge in [-0.3, -0.25) is 4.79 Å². The lowest BCUT2D eigenvalue weighted by Crippen LogP contribution is -2.23. The monoisotopic (exact) mass is 326 g/mol. The first-order valence-electron chi connectivity index (χ1n) is 7.33. The summed E-state index contributed by atoms with van der Waals surface area (Å²) in [7, 11) is 0. The number of carbonyl (C=O) groups is 1. The molecule has 0 fully saturated rings. The largest absolute Gasteiger partial charge is 0.454 e. The summed E-state index contributed by atoms with van der Waals surface area (Å²) in [5.74, 6) is -1.83. The predicted octanol–water partition coefficient (Wildman–Crippen LogP) is 5.77. The maximum atomic E-state index is 12.8. The fourth-order valence-corrected chi connectivity index (χ4v) is 2.56. The van der Waals surface area contributed by atoms with Gasteiger partial charge < -0.3 is 0 Å². The lowest BCUT2D eigenvalue weighted by Gasteiger charge is -2.11. The number of rotatable bonds is 3. The zero-order chi connectivity index (χ0) is 17.2. The molecule has 120 valence electrons. The molecular formula is C20H13F3O. The molecule has 0 spiro atoms. The van der Waals surface area contributed by atoms with Crippen LogP contribution in [0.3, 0.4) is 0 Å². The van der Waals surface area contributed by atoms with E-state index in [1.54, 1.807) is 18.2 Å². The third kappa shape index (κ3) is 3.23. The van der Waals surface area contributed by atoms with Crippen LogP contribution in [-0.4, -0.2) is 12.0 Å². The van der Waals surface area contributed by atoms with Crippen LogP contribution >= 0.6 is 0 Å². The first-order valence-corrected chi connectivity index (χ1v) is 7.33. The van der Waals surface area contributed by atoms with Gasteiger partial charge in [0, 0.05) is 5.56 Å². The fourth-order valence-electron chi connectivity index (χ4n) is 2.56. The number of alkyl halides is 3. The summed E-state index contributed by atoms with van der Waals surface area (Å²) in [6.07, 6.45) is -4.89. The van der Waals surface area contributed by atoms with Crippen LogP contribution < -0.4 is 0 Å². The van der Waals surface area contributed by atoms with Crippen LogP contribution in [0.2, 0.25) is 0 Å². The molecule has 0 aliphatic heterocycles. The second kappa shape index (κ2) is 6.32. The van der Waals surface area contributed by atoms with Gasteiger partial charge in [-0.05, 0) is 22.3 Å². The molecule has 0 aliphatic carbocycles. The summed E-state index contributed by atoms with van der Waals surface area (Å²) in [6, 6.07) is 22.6. The molecule has 0 saturated carbocycles. The highest BCUT2D eigenvalue weighted by atomic mass is 19.4. The predicted molar refractivity (Wildman–Crippen MR) is 87.7 cm³/mol. The maximum absolute atomic E-state index is 12.8. The minimum atomic E-state index is -4.89. The van der Waals surface area contributed by atoms with Gasteiger partial charge in [0.15, 0.2) is 0 Å². The molecule has 3 aromatic carbocycles. The Kier molecular flexibility index (Phi) is 4.21.